The van der Waals surface area contributed by atoms with Crippen LogP contribution >= 0.6 is 0 Å². The van der Waals surface area contributed by atoms with Gasteiger partial charge in [0.15, 0.2) is 11.6 Å². The van der Waals surface area contributed by atoms with E-state index in [2.05, 4.69) is 4.90 Å². The molecular weight excluding hydrogens is 392 g/mol. The number of carbonyl (C=O) groups excluding carboxylic acids is 4. The molecule has 2 amide bonds. The number of aryl methyl sites for hydroxylation is 1. The predicted octanol–water partition coefficient (Wildman–Crippen LogP) is 3.03. The van der Waals surface area contributed by atoms with E-state index in [-0.39, 0.29) is 29.4 Å². The highest BCUT2D eigenvalue weighted by Crippen LogP contribution is 2.48. The second kappa shape index (κ2) is 7.24. The normalized spacial score (nSPS) is 27.5. The van der Waals surface area contributed by atoms with Crippen LogP contribution in [0.4, 0.5) is 5.69 Å². The van der Waals surface area contributed by atoms with Crippen molar-refractivity contribution in [1.82, 2.24) is 4.90 Å². The number of rotatable bonds is 4. The zero-order chi connectivity index (χ0) is 21.9. The minimum absolute atomic E-state index is 0.0761. The van der Waals surface area contributed by atoms with Crippen LogP contribution in [-0.2, 0) is 9.59 Å². The summed E-state index contributed by atoms with van der Waals surface area (Å²) in [4.78, 5) is 55.3. The van der Waals surface area contributed by atoms with Crippen LogP contribution in [0.15, 0.2) is 48.5 Å². The van der Waals surface area contributed by atoms with Crippen molar-refractivity contribution in [2.24, 2.45) is 11.8 Å². The Morgan fingerprint density at radius 2 is 1.48 bits per heavy atom. The molecule has 3 aliphatic rings. The molecule has 5 rings (SSSR count). The van der Waals surface area contributed by atoms with E-state index in [1.807, 2.05) is 19.1 Å². The number of Topliss-reactive ketones (excluding diaryl/α,β-unsaturated/α-hetero) is 2. The van der Waals surface area contributed by atoms with Gasteiger partial charge in [-0.05, 0) is 57.5 Å². The highest BCUT2D eigenvalue weighted by atomic mass is 16.2. The number of ketones is 2. The molecule has 0 bridgehead atoms. The van der Waals surface area contributed by atoms with Gasteiger partial charge in [0.2, 0.25) is 11.8 Å². The topological polar surface area (TPSA) is 74.8 Å². The first kappa shape index (κ1) is 19.8. The fourth-order valence-corrected chi connectivity index (χ4v) is 5.50. The predicted molar refractivity (Wildman–Crippen MR) is 115 cm³/mol. The van der Waals surface area contributed by atoms with Gasteiger partial charge < -0.3 is 0 Å². The van der Waals surface area contributed by atoms with E-state index in [4.69, 9.17) is 0 Å². The number of carbonyl (C=O) groups is 4. The fourth-order valence-electron chi connectivity index (χ4n) is 5.50. The van der Waals surface area contributed by atoms with E-state index < -0.39 is 17.9 Å². The van der Waals surface area contributed by atoms with E-state index in [1.165, 1.54) is 11.8 Å². The third-order valence-corrected chi connectivity index (χ3v) is 6.99. The molecule has 3 aliphatic heterocycles. The lowest BCUT2D eigenvalue weighted by Crippen LogP contribution is -2.46. The second-order valence-corrected chi connectivity index (χ2v) is 8.79. The second-order valence-electron chi connectivity index (χ2n) is 8.79. The standard InChI is InChI=1S/C25H24N2O4/c1-14-5-7-17(8-6-14)23(29)22-21-20(19-4-3-13-26(19)22)24(30)27(25(21)31)18-11-9-16(10-12-18)15(2)28/h5-12,19-22H,3-4,13H2,1-2H3/t19-,20-,21+,22+/m1/s1. The van der Waals surface area contributed by atoms with Crippen LogP contribution in [0.2, 0.25) is 0 Å². The zero-order valence-corrected chi connectivity index (χ0v) is 17.6. The molecule has 0 spiro atoms. The van der Waals surface area contributed by atoms with Crippen LogP contribution in [0, 0.1) is 18.8 Å². The lowest BCUT2D eigenvalue weighted by atomic mass is 9.85. The lowest BCUT2D eigenvalue weighted by molar-refractivity contribution is -0.123. The molecule has 0 aromatic heterocycles. The largest absolute Gasteiger partial charge is 0.295 e. The molecule has 0 unspecified atom stereocenters. The van der Waals surface area contributed by atoms with Crippen LogP contribution in [0.25, 0.3) is 0 Å². The lowest BCUT2D eigenvalue weighted by Gasteiger charge is -2.27. The zero-order valence-electron chi connectivity index (χ0n) is 17.6. The molecule has 2 aromatic rings. The van der Waals surface area contributed by atoms with Gasteiger partial charge in [-0.1, -0.05) is 29.8 Å². The van der Waals surface area contributed by atoms with Crippen molar-refractivity contribution < 1.29 is 19.2 Å². The quantitative estimate of drug-likeness (QED) is 0.566. The minimum atomic E-state index is -0.668. The number of anilines is 1. The molecule has 0 aliphatic carbocycles. The third-order valence-electron chi connectivity index (χ3n) is 6.99. The summed E-state index contributed by atoms with van der Waals surface area (Å²) in [6, 6.07) is 13.2. The molecule has 0 radical (unpaired) electrons. The number of benzene rings is 2. The van der Waals surface area contributed by atoms with Gasteiger partial charge in [0.1, 0.15) is 0 Å². The Hall–Kier alpha value is -3.12. The third kappa shape index (κ3) is 2.97. The first-order valence-electron chi connectivity index (χ1n) is 10.7. The maximum atomic E-state index is 13.5. The number of amides is 2. The number of hydrogen-bond donors (Lipinski definition) is 0. The van der Waals surface area contributed by atoms with Crippen molar-refractivity contribution in [2.75, 3.05) is 11.4 Å². The summed E-state index contributed by atoms with van der Waals surface area (Å²) in [5, 5.41) is 0. The van der Waals surface area contributed by atoms with Crippen molar-refractivity contribution in [3.8, 4) is 0 Å². The smallest absolute Gasteiger partial charge is 0.239 e. The molecule has 6 heteroatoms. The van der Waals surface area contributed by atoms with Gasteiger partial charge in [0.05, 0.1) is 23.6 Å². The van der Waals surface area contributed by atoms with E-state index in [9.17, 15) is 19.2 Å². The summed E-state index contributed by atoms with van der Waals surface area (Å²) in [5.41, 5.74) is 2.62. The molecule has 4 atom stereocenters. The molecule has 158 valence electrons. The Kier molecular flexibility index (Phi) is 4.63. The van der Waals surface area contributed by atoms with Crippen molar-refractivity contribution in [2.45, 2.75) is 38.8 Å². The molecule has 6 nitrogen and oxygen atoms in total. The first-order chi connectivity index (χ1) is 14.9. The molecule has 0 N–H and O–H groups in total. The molecular formula is C25H24N2O4. The van der Waals surface area contributed by atoms with Gasteiger partial charge in [-0.25, -0.2) is 4.90 Å². The van der Waals surface area contributed by atoms with Gasteiger partial charge in [-0.2, -0.15) is 0 Å². The summed E-state index contributed by atoms with van der Waals surface area (Å²) in [5.74, 6) is -1.88. The van der Waals surface area contributed by atoms with Crippen molar-refractivity contribution >= 4 is 29.1 Å². The summed E-state index contributed by atoms with van der Waals surface area (Å²) in [6.45, 7) is 4.17. The number of imide groups is 1. The summed E-state index contributed by atoms with van der Waals surface area (Å²) >= 11 is 0. The van der Waals surface area contributed by atoms with Crippen molar-refractivity contribution in [3.63, 3.8) is 0 Å². The van der Waals surface area contributed by atoms with Crippen LogP contribution in [0.3, 0.4) is 0 Å². The molecule has 3 heterocycles. The van der Waals surface area contributed by atoms with Gasteiger partial charge in [0.25, 0.3) is 0 Å². The number of hydrogen-bond acceptors (Lipinski definition) is 5. The first-order valence-corrected chi connectivity index (χ1v) is 10.7. The SMILES string of the molecule is CC(=O)c1ccc(N2C(=O)[C@H]3[C@H](C2=O)[C@@H](C(=O)c2ccc(C)cc2)N2CCC[C@H]32)cc1. The van der Waals surface area contributed by atoms with E-state index in [0.29, 0.717) is 16.8 Å². The average Bonchev–Trinajstić information content (AvgIpc) is 3.40. The molecule has 31 heavy (non-hydrogen) atoms. The molecule has 2 aromatic carbocycles. The summed E-state index contributed by atoms with van der Waals surface area (Å²) in [6.07, 6.45) is 1.73. The molecule has 0 saturated carbocycles. The fraction of sp³-hybridized carbons (Fsp3) is 0.360. The Morgan fingerprint density at radius 3 is 2.13 bits per heavy atom. The van der Waals surface area contributed by atoms with Gasteiger partial charge in [0, 0.05) is 17.2 Å². The van der Waals surface area contributed by atoms with Gasteiger partial charge in [-0.3, -0.25) is 24.1 Å². The Balaban J connectivity index is 1.52. The van der Waals surface area contributed by atoms with Crippen molar-refractivity contribution in [1.29, 1.82) is 0 Å². The van der Waals surface area contributed by atoms with E-state index in [0.717, 1.165) is 24.9 Å². The van der Waals surface area contributed by atoms with Crippen LogP contribution in [0.1, 0.15) is 46.0 Å². The van der Waals surface area contributed by atoms with Crippen molar-refractivity contribution in [3.05, 3.63) is 65.2 Å². The maximum absolute atomic E-state index is 13.5. The Bertz CT molecular complexity index is 1090. The van der Waals surface area contributed by atoms with Gasteiger partial charge in [-0.15, -0.1) is 0 Å². The van der Waals surface area contributed by atoms with Crippen LogP contribution < -0.4 is 4.90 Å². The van der Waals surface area contributed by atoms with Gasteiger partial charge >= 0.3 is 0 Å². The van der Waals surface area contributed by atoms with E-state index >= 15 is 0 Å². The summed E-state index contributed by atoms with van der Waals surface area (Å²) in [7, 11) is 0. The highest BCUT2D eigenvalue weighted by molar-refractivity contribution is 6.24. The Labute approximate surface area is 180 Å². The maximum Gasteiger partial charge on any atom is 0.239 e. The number of nitrogens with zero attached hydrogens (tertiary/aromatic N) is 2. The molecule has 3 saturated heterocycles. The summed E-state index contributed by atoms with van der Waals surface area (Å²) < 4.78 is 0. The minimum Gasteiger partial charge on any atom is -0.295 e. The van der Waals surface area contributed by atoms with E-state index in [1.54, 1.807) is 36.4 Å². The molecule has 3 fully saturated rings. The monoisotopic (exact) mass is 416 g/mol. The van der Waals surface area contributed by atoms with Crippen LogP contribution in [-0.4, -0.2) is 46.9 Å². The van der Waals surface area contributed by atoms with Crippen LogP contribution in [0.5, 0.6) is 0 Å². The number of fused-ring (bicyclic) bond motifs is 3. The average molecular weight is 416 g/mol. The highest BCUT2D eigenvalue weighted by Gasteiger charge is 2.64. The Morgan fingerprint density at radius 1 is 0.871 bits per heavy atom.